The van der Waals surface area contributed by atoms with Gasteiger partial charge in [-0.1, -0.05) is 23.7 Å². The van der Waals surface area contributed by atoms with Gasteiger partial charge in [-0.15, -0.1) is 0 Å². The Balaban J connectivity index is 1.46. The minimum absolute atomic E-state index is 0.180. The quantitative estimate of drug-likeness (QED) is 0.697. The molecule has 4 heteroatoms. The van der Waals surface area contributed by atoms with Gasteiger partial charge in [0.15, 0.2) is 5.78 Å². The number of nitrogens with zero attached hydrogens (tertiary/aromatic N) is 2. The number of rotatable bonds is 6. The Morgan fingerprint density at radius 3 is 2.23 bits per heavy atom. The van der Waals surface area contributed by atoms with E-state index in [0.717, 1.165) is 37.9 Å². The lowest BCUT2D eigenvalue weighted by Gasteiger charge is -2.31. The van der Waals surface area contributed by atoms with E-state index in [1.54, 1.807) is 12.1 Å². The van der Waals surface area contributed by atoms with E-state index in [1.165, 1.54) is 11.3 Å². The molecular formula is C22H27ClN2O. The number of ketones is 1. The Kier molecular flexibility index (Phi) is 6.33. The number of likely N-dealkylation sites (tertiary alicyclic amines) is 1. The fourth-order valence-corrected chi connectivity index (χ4v) is 3.67. The lowest BCUT2D eigenvalue weighted by Crippen LogP contribution is -2.37. The maximum atomic E-state index is 12.4. The number of hydrogen-bond donors (Lipinski definition) is 0. The summed E-state index contributed by atoms with van der Waals surface area (Å²) in [6.07, 6.45) is 3.44. The zero-order chi connectivity index (χ0) is 18.5. The molecule has 0 saturated carbocycles. The van der Waals surface area contributed by atoms with E-state index in [-0.39, 0.29) is 5.78 Å². The summed E-state index contributed by atoms with van der Waals surface area (Å²) in [5.74, 6) is 0.890. The molecular weight excluding hydrogens is 344 g/mol. The van der Waals surface area contributed by atoms with E-state index in [1.807, 2.05) is 12.1 Å². The standard InChI is InChI=1S/C22H27ClN2O/c1-24(2)21-9-3-17(4-10-21)15-18-11-13-25(14-12-18)16-22(26)19-5-7-20(23)8-6-19/h3-10,18H,11-16H2,1-2H3. The second-order valence-electron chi connectivity index (χ2n) is 7.41. The summed E-state index contributed by atoms with van der Waals surface area (Å²) in [6.45, 7) is 2.51. The maximum Gasteiger partial charge on any atom is 0.176 e. The van der Waals surface area contributed by atoms with Crippen molar-refractivity contribution in [2.75, 3.05) is 38.6 Å². The normalized spacial score (nSPS) is 15.8. The molecule has 1 saturated heterocycles. The first-order valence-electron chi connectivity index (χ1n) is 9.28. The number of carbonyl (C=O) groups is 1. The van der Waals surface area contributed by atoms with Gasteiger partial charge in [-0.05, 0) is 80.2 Å². The highest BCUT2D eigenvalue weighted by atomic mass is 35.5. The number of halogens is 1. The molecule has 0 unspecified atom stereocenters. The highest BCUT2D eigenvalue weighted by Gasteiger charge is 2.21. The Hall–Kier alpha value is -1.84. The molecule has 0 spiro atoms. The second kappa shape index (κ2) is 8.70. The van der Waals surface area contributed by atoms with Gasteiger partial charge in [-0.2, -0.15) is 0 Å². The summed E-state index contributed by atoms with van der Waals surface area (Å²) >= 11 is 5.89. The van der Waals surface area contributed by atoms with Crippen LogP contribution in [-0.4, -0.2) is 44.4 Å². The molecule has 1 aliphatic heterocycles. The van der Waals surface area contributed by atoms with Crippen LogP contribution >= 0.6 is 11.6 Å². The summed E-state index contributed by atoms with van der Waals surface area (Å²) in [5.41, 5.74) is 3.40. The Morgan fingerprint density at radius 1 is 1.04 bits per heavy atom. The molecule has 3 nitrogen and oxygen atoms in total. The Labute approximate surface area is 161 Å². The molecule has 26 heavy (non-hydrogen) atoms. The highest BCUT2D eigenvalue weighted by Crippen LogP contribution is 2.23. The van der Waals surface area contributed by atoms with E-state index in [2.05, 4.69) is 48.2 Å². The van der Waals surface area contributed by atoms with Crippen molar-refractivity contribution in [1.29, 1.82) is 0 Å². The summed E-state index contributed by atoms with van der Waals surface area (Å²) in [6, 6.07) is 16.1. The first-order chi connectivity index (χ1) is 12.5. The third-order valence-corrected chi connectivity index (χ3v) is 5.47. The van der Waals surface area contributed by atoms with E-state index < -0.39 is 0 Å². The molecule has 1 heterocycles. The third-order valence-electron chi connectivity index (χ3n) is 5.22. The van der Waals surface area contributed by atoms with Crippen LogP contribution in [0.5, 0.6) is 0 Å². The summed E-state index contributed by atoms with van der Waals surface area (Å²) in [4.78, 5) is 16.8. The molecule has 0 atom stereocenters. The van der Waals surface area contributed by atoms with Crippen LogP contribution in [0, 0.1) is 5.92 Å². The fourth-order valence-electron chi connectivity index (χ4n) is 3.54. The Bertz CT molecular complexity index is 717. The molecule has 3 rings (SSSR count). The first kappa shape index (κ1) is 18.9. The number of piperidine rings is 1. The minimum Gasteiger partial charge on any atom is -0.378 e. The number of anilines is 1. The van der Waals surface area contributed by atoms with Crippen LogP contribution in [-0.2, 0) is 6.42 Å². The molecule has 0 amide bonds. The van der Waals surface area contributed by atoms with Crippen molar-refractivity contribution >= 4 is 23.1 Å². The van der Waals surface area contributed by atoms with Gasteiger partial charge in [0.25, 0.3) is 0 Å². The summed E-state index contributed by atoms with van der Waals surface area (Å²) < 4.78 is 0. The molecule has 0 radical (unpaired) electrons. The largest absolute Gasteiger partial charge is 0.378 e. The maximum absolute atomic E-state index is 12.4. The average Bonchev–Trinajstić information content (AvgIpc) is 2.64. The summed E-state index contributed by atoms with van der Waals surface area (Å²) in [7, 11) is 4.13. The third kappa shape index (κ3) is 5.09. The number of benzene rings is 2. The van der Waals surface area contributed by atoms with E-state index in [0.29, 0.717) is 17.5 Å². The van der Waals surface area contributed by atoms with Gasteiger partial charge >= 0.3 is 0 Å². The minimum atomic E-state index is 0.180. The van der Waals surface area contributed by atoms with E-state index in [4.69, 9.17) is 11.6 Å². The molecule has 0 bridgehead atoms. The van der Waals surface area contributed by atoms with Gasteiger partial charge in [0.1, 0.15) is 0 Å². The first-order valence-corrected chi connectivity index (χ1v) is 9.66. The van der Waals surface area contributed by atoms with Crippen molar-refractivity contribution < 1.29 is 4.79 Å². The zero-order valence-corrected chi connectivity index (χ0v) is 16.4. The SMILES string of the molecule is CN(C)c1ccc(CC2CCN(CC(=O)c3ccc(Cl)cc3)CC2)cc1. The predicted molar refractivity (Wildman–Crippen MR) is 109 cm³/mol. The van der Waals surface area contributed by atoms with Crippen LogP contribution in [0.3, 0.4) is 0 Å². The van der Waals surface area contributed by atoms with Crippen LogP contribution < -0.4 is 4.90 Å². The molecule has 2 aromatic carbocycles. The monoisotopic (exact) mass is 370 g/mol. The van der Waals surface area contributed by atoms with Crippen LogP contribution in [0.4, 0.5) is 5.69 Å². The topological polar surface area (TPSA) is 23.6 Å². The fraction of sp³-hybridized carbons (Fsp3) is 0.409. The predicted octanol–water partition coefficient (Wildman–Crippen LogP) is 4.54. The number of hydrogen-bond acceptors (Lipinski definition) is 3. The van der Waals surface area contributed by atoms with Gasteiger partial charge in [0.05, 0.1) is 6.54 Å². The molecule has 0 aromatic heterocycles. The van der Waals surface area contributed by atoms with E-state index in [9.17, 15) is 4.79 Å². The summed E-state index contributed by atoms with van der Waals surface area (Å²) in [5, 5.41) is 0.668. The number of Topliss-reactive ketones (excluding diaryl/α,β-unsaturated/α-hetero) is 1. The van der Waals surface area contributed by atoms with Crippen molar-refractivity contribution in [2.24, 2.45) is 5.92 Å². The Morgan fingerprint density at radius 2 is 1.65 bits per heavy atom. The molecule has 0 aliphatic carbocycles. The van der Waals surface area contributed by atoms with Crippen LogP contribution in [0.15, 0.2) is 48.5 Å². The molecule has 2 aromatic rings. The number of carbonyl (C=O) groups excluding carboxylic acids is 1. The van der Waals surface area contributed by atoms with Gasteiger partial charge in [-0.3, -0.25) is 9.69 Å². The lowest BCUT2D eigenvalue weighted by atomic mass is 9.90. The van der Waals surface area contributed by atoms with Crippen molar-refractivity contribution in [2.45, 2.75) is 19.3 Å². The van der Waals surface area contributed by atoms with Crippen molar-refractivity contribution in [3.63, 3.8) is 0 Å². The molecule has 0 N–H and O–H groups in total. The lowest BCUT2D eigenvalue weighted by molar-refractivity contribution is 0.0895. The van der Waals surface area contributed by atoms with Crippen molar-refractivity contribution in [3.8, 4) is 0 Å². The van der Waals surface area contributed by atoms with Crippen molar-refractivity contribution in [3.05, 3.63) is 64.7 Å². The molecule has 1 fully saturated rings. The van der Waals surface area contributed by atoms with Gasteiger partial charge < -0.3 is 4.90 Å². The van der Waals surface area contributed by atoms with Gasteiger partial charge in [-0.25, -0.2) is 0 Å². The van der Waals surface area contributed by atoms with Crippen LogP contribution in [0.25, 0.3) is 0 Å². The van der Waals surface area contributed by atoms with Crippen LogP contribution in [0.1, 0.15) is 28.8 Å². The van der Waals surface area contributed by atoms with Crippen molar-refractivity contribution in [1.82, 2.24) is 4.90 Å². The van der Waals surface area contributed by atoms with Gasteiger partial charge in [0.2, 0.25) is 0 Å². The van der Waals surface area contributed by atoms with Crippen LogP contribution in [0.2, 0.25) is 5.02 Å². The van der Waals surface area contributed by atoms with Gasteiger partial charge in [0, 0.05) is 30.4 Å². The molecule has 1 aliphatic rings. The second-order valence-corrected chi connectivity index (χ2v) is 7.85. The average molecular weight is 371 g/mol. The smallest absolute Gasteiger partial charge is 0.176 e. The highest BCUT2D eigenvalue weighted by molar-refractivity contribution is 6.30. The zero-order valence-electron chi connectivity index (χ0n) is 15.6. The van der Waals surface area contributed by atoms with E-state index >= 15 is 0 Å². The molecule has 138 valence electrons.